The third-order valence-electron chi connectivity index (χ3n) is 7.74. The fourth-order valence-corrected chi connectivity index (χ4v) is 5.77. The van der Waals surface area contributed by atoms with Crippen molar-refractivity contribution >= 4 is 0 Å². The van der Waals surface area contributed by atoms with Crippen LogP contribution in [0.5, 0.6) is 5.75 Å². The molecular formula is C30H37F3O2. The van der Waals surface area contributed by atoms with Gasteiger partial charge in [0.25, 0.3) is 0 Å². The lowest BCUT2D eigenvalue weighted by Crippen LogP contribution is -2.21. The van der Waals surface area contributed by atoms with Crippen molar-refractivity contribution in [2.24, 2.45) is 5.92 Å². The van der Waals surface area contributed by atoms with Crippen molar-refractivity contribution in [3.05, 3.63) is 76.6 Å². The zero-order valence-electron chi connectivity index (χ0n) is 20.9. The molecule has 0 atom stereocenters. The number of hydrogen-bond acceptors (Lipinski definition) is 2. The highest BCUT2D eigenvalue weighted by Gasteiger charge is 2.27. The molecule has 0 aliphatic heterocycles. The Kier molecular flexibility index (Phi) is 8.94. The second kappa shape index (κ2) is 12.1. The maximum atomic E-state index is 14.9. The monoisotopic (exact) mass is 486 g/mol. The molecule has 0 amide bonds. The van der Waals surface area contributed by atoms with E-state index in [-0.39, 0.29) is 35.9 Å². The van der Waals surface area contributed by atoms with Gasteiger partial charge in [-0.3, -0.25) is 0 Å². The molecule has 2 aliphatic rings. The number of benzene rings is 2. The first-order valence-electron chi connectivity index (χ1n) is 13.1. The number of ether oxygens (including phenoxy) is 2. The average Bonchev–Trinajstić information content (AvgIpc) is 2.87. The van der Waals surface area contributed by atoms with E-state index >= 15 is 0 Å². The molecule has 0 aromatic heterocycles. The van der Waals surface area contributed by atoms with Crippen LogP contribution in [-0.4, -0.2) is 12.7 Å². The largest absolute Gasteiger partial charge is 0.494 e. The summed E-state index contributed by atoms with van der Waals surface area (Å²) in [6.07, 6.45) is 11.2. The average molecular weight is 487 g/mol. The lowest BCUT2D eigenvalue weighted by Gasteiger charge is -2.29. The Balaban J connectivity index is 1.29. The predicted molar refractivity (Wildman–Crippen MR) is 133 cm³/mol. The molecule has 2 aromatic rings. The molecule has 4 rings (SSSR count). The zero-order valence-corrected chi connectivity index (χ0v) is 20.9. The summed E-state index contributed by atoms with van der Waals surface area (Å²) in [4.78, 5) is 0. The van der Waals surface area contributed by atoms with Crippen molar-refractivity contribution in [2.75, 3.05) is 6.61 Å². The highest BCUT2D eigenvalue weighted by atomic mass is 19.2. The standard InChI is InChI=1S/C30H37F3O2/c1-3-5-20-6-8-22(9-7-20)27-16-12-23(29(32)30(27)33)19-35-24-13-10-21(11-14-24)26-17-15-25(34-4-2)18-28(26)31/h3,5,12,15-18,20-22,24H,4,6-11,13-14,19H2,1-2H3. The third-order valence-corrected chi connectivity index (χ3v) is 7.74. The molecule has 0 unspecified atom stereocenters. The van der Waals surface area contributed by atoms with Gasteiger partial charge in [0.1, 0.15) is 11.6 Å². The Morgan fingerprint density at radius 1 is 0.829 bits per heavy atom. The molecule has 35 heavy (non-hydrogen) atoms. The Hall–Kier alpha value is -2.27. The molecule has 2 fully saturated rings. The van der Waals surface area contributed by atoms with Crippen molar-refractivity contribution in [2.45, 2.75) is 89.8 Å². The van der Waals surface area contributed by atoms with Crippen LogP contribution in [0.3, 0.4) is 0 Å². The fourth-order valence-electron chi connectivity index (χ4n) is 5.77. The number of allylic oxidation sites excluding steroid dienone is 2. The van der Waals surface area contributed by atoms with E-state index in [1.54, 1.807) is 12.1 Å². The van der Waals surface area contributed by atoms with Crippen LogP contribution in [0.2, 0.25) is 0 Å². The molecule has 2 nitrogen and oxygen atoms in total. The summed E-state index contributed by atoms with van der Waals surface area (Å²) < 4.78 is 55.7. The van der Waals surface area contributed by atoms with E-state index in [1.807, 2.05) is 26.0 Å². The molecule has 0 N–H and O–H groups in total. The molecule has 2 aromatic carbocycles. The summed E-state index contributed by atoms with van der Waals surface area (Å²) in [6.45, 7) is 4.46. The van der Waals surface area contributed by atoms with Crippen LogP contribution in [0.1, 0.15) is 93.7 Å². The van der Waals surface area contributed by atoms with Crippen LogP contribution in [0.15, 0.2) is 42.5 Å². The first kappa shape index (κ1) is 25.8. The molecule has 5 heteroatoms. The van der Waals surface area contributed by atoms with Crippen molar-refractivity contribution in [3.63, 3.8) is 0 Å². The molecule has 2 saturated carbocycles. The second-order valence-electron chi connectivity index (χ2n) is 9.98. The fraction of sp³-hybridized carbons (Fsp3) is 0.533. The van der Waals surface area contributed by atoms with Gasteiger partial charge in [-0.1, -0.05) is 30.4 Å². The van der Waals surface area contributed by atoms with E-state index in [2.05, 4.69) is 12.2 Å². The quantitative estimate of drug-likeness (QED) is 0.348. The summed E-state index contributed by atoms with van der Waals surface area (Å²) >= 11 is 0. The van der Waals surface area contributed by atoms with Gasteiger partial charge in [0, 0.05) is 11.6 Å². The maximum Gasteiger partial charge on any atom is 0.164 e. The summed E-state index contributed by atoms with van der Waals surface area (Å²) in [5, 5.41) is 0. The Morgan fingerprint density at radius 2 is 1.49 bits per heavy atom. The van der Waals surface area contributed by atoms with Crippen LogP contribution < -0.4 is 4.74 Å². The van der Waals surface area contributed by atoms with Gasteiger partial charge in [0.2, 0.25) is 0 Å². The van der Waals surface area contributed by atoms with Crippen molar-refractivity contribution in [1.82, 2.24) is 0 Å². The summed E-state index contributed by atoms with van der Waals surface area (Å²) in [6, 6.07) is 8.53. The molecule has 0 radical (unpaired) electrons. The highest BCUT2D eigenvalue weighted by molar-refractivity contribution is 5.32. The minimum Gasteiger partial charge on any atom is -0.494 e. The van der Waals surface area contributed by atoms with Gasteiger partial charge in [-0.2, -0.15) is 0 Å². The molecule has 190 valence electrons. The van der Waals surface area contributed by atoms with Crippen LogP contribution in [0.25, 0.3) is 0 Å². The van der Waals surface area contributed by atoms with E-state index in [1.165, 1.54) is 6.07 Å². The first-order chi connectivity index (χ1) is 17.0. The molecular weight excluding hydrogens is 449 g/mol. The first-order valence-corrected chi connectivity index (χ1v) is 13.1. The van der Waals surface area contributed by atoms with E-state index < -0.39 is 11.6 Å². The Bertz CT molecular complexity index is 1000. The van der Waals surface area contributed by atoms with Crippen molar-refractivity contribution < 1.29 is 22.6 Å². The summed E-state index contributed by atoms with van der Waals surface area (Å²) in [7, 11) is 0. The van der Waals surface area contributed by atoms with E-state index in [0.29, 0.717) is 23.8 Å². The molecule has 0 heterocycles. The molecule has 0 bridgehead atoms. The lowest BCUT2D eigenvalue weighted by molar-refractivity contribution is 0.0116. The Labute approximate surface area is 207 Å². The van der Waals surface area contributed by atoms with Gasteiger partial charge < -0.3 is 9.47 Å². The van der Waals surface area contributed by atoms with Gasteiger partial charge >= 0.3 is 0 Å². The zero-order chi connectivity index (χ0) is 24.8. The predicted octanol–water partition coefficient (Wildman–Crippen LogP) is 8.60. The van der Waals surface area contributed by atoms with E-state index in [0.717, 1.165) is 56.9 Å². The molecule has 0 saturated heterocycles. The lowest BCUT2D eigenvalue weighted by atomic mass is 9.78. The normalized spacial score (nSPS) is 25.2. The van der Waals surface area contributed by atoms with Crippen LogP contribution >= 0.6 is 0 Å². The van der Waals surface area contributed by atoms with Gasteiger partial charge in [0.15, 0.2) is 11.6 Å². The van der Waals surface area contributed by atoms with Gasteiger partial charge in [0.05, 0.1) is 19.3 Å². The molecule has 0 spiro atoms. The van der Waals surface area contributed by atoms with Crippen LogP contribution in [-0.2, 0) is 11.3 Å². The molecule has 2 aliphatic carbocycles. The van der Waals surface area contributed by atoms with E-state index in [4.69, 9.17) is 9.47 Å². The minimum atomic E-state index is -0.775. The van der Waals surface area contributed by atoms with Crippen LogP contribution in [0.4, 0.5) is 13.2 Å². The topological polar surface area (TPSA) is 18.5 Å². The van der Waals surface area contributed by atoms with Gasteiger partial charge in [-0.15, -0.1) is 0 Å². The van der Waals surface area contributed by atoms with Crippen LogP contribution in [0, 0.1) is 23.4 Å². The maximum absolute atomic E-state index is 14.9. The highest BCUT2D eigenvalue weighted by Crippen LogP contribution is 2.39. The minimum absolute atomic E-state index is 0.0268. The number of rotatable bonds is 8. The van der Waals surface area contributed by atoms with Gasteiger partial charge in [-0.25, -0.2) is 13.2 Å². The summed E-state index contributed by atoms with van der Waals surface area (Å²) in [5.74, 6) is -0.391. The van der Waals surface area contributed by atoms with Crippen molar-refractivity contribution in [1.29, 1.82) is 0 Å². The second-order valence-corrected chi connectivity index (χ2v) is 9.98. The van der Waals surface area contributed by atoms with Crippen molar-refractivity contribution in [3.8, 4) is 5.75 Å². The SMILES string of the molecule is CC=CC1CCC(c2ccc(COC3CCC(c4ccc(OCC)cc4F)CC3)c(F)c2F)CC1. The summed E-state index contributed by atoms with van der Waals surface area (Å²) in [5.41, 5.74) is 1.49. The Morgan fingerprint density at radius 3 is 2.14 bits per heavy atom. The number of hydrogen-bond donors (Lipinski definition) is 0. The van der Waals surface area contributed by atoms with E-state index in [9.17, 15) is 13.2 Å². The smallest absolute Gasteiger partial charge is 0.164 e. The van der Waals surface area contributed by atoms with Gasteiger partial charge in [-0.05, 0) is 100 Å². The third kappa shape index (κ3) is 6.30. The number of halogens is 3.